The molecule has 5 heteroatoms. The molecule has 0 aromatic heterocycles. The van der Waals surface area contributed by atoms with Gasteiger partial charge in [-0.2, -0.15) is 13.2 Å². The van der Waals surface area contributed by atoms with E-state index in [9.17, 15) is 22.7 Å². The van der Waals surface area contributed by atoms with Crippen LogP contribution in [0.2, 0.25) is 0 Å². The molecule has 0 heterocycles. The molecule has 1 aromatic rings. The quantitative estimate of drug-likeness (QED) is 0.779. The third-order valence-corrected chi connectivity index (χ3v) is 2.27. The van der Waals surface area contributed by atoms with Gasteiger partial charge in [-0.05, 0) is 29.7 Å². The first-order valence-electron chi connectivity index (χ1n) is 4.78. The van der Waals surface area contributed by atoms with Crippen LogP contribution in [-0.2, 0) is 6.18 Å². The lowest BCUT2D eigenvalue weighted by Crippen LogP contribution is -2.15. The largest absolute Gasteiger partial charge is 0.416 e. The Bertz CT molecular complexity index is 371. The molecular weight excluding hydrogens is 224 g/mol. The number of aliphatic hydroxyl groups is 1. The average molecular weight is 236 g/mol. The second-order valence-corrected chi connectivity index (χ2v) is 3.92. The normalized spacial score (nSPS) is 14.2. The fourth-order valence-corrected chi connectivity index (χ4v) is 1.40. The van der Waals surface area contributed by atoms with Crippen LogP contribution in [0.15, 0.2) is 18.2 Å². The molecule has 1 N–H and O–H groups in total. The zero-order valence-electron chi connectivity index (χ0n) is 8.85. The fourth-order valence-electron chi connectivity index (χ4n) is 1.40. The summed E-state index contributed by atoms with van der Waals surface area (Å²) in [6.45, 7) is 3.13. The predicted octanol–water partition coefficient (Wildman–Crippen LogP) is 3.53. The SMILES string of the molecule is CC(C)C(O)c1cc(F)ccc1C(F)(F)F. The molecule has 1 unspecified atom stereocenters. The van der Waals surface area contributed by atoms with Gasteiger partial charge in [0.2, 0.25) is 0 Å². The van der Waals surface area contributed by atoms with E-state index in [4.69, 9.17) is 0 Å². The van der Waals surface area contributed by atoms with Crippen LogP contribution < -0.4 is 0 Å². The van der Waals surface area contributed by atoms with Gasteiger partial charge < -0.3 is 5.11 Å². The van der Waals surface area contributed by atoms with Crippen LogP contribution in [0, 0.1) is 11.7 Å². The summed E-state index contributed by atoms with van der Waals surface area (Å²) in [6, 6.07) is 2.11. The van der Waals surface area contributed by atoms with Gasteiger partial charge in [-0.1, -0.05) is 13.8 Å². The van der Waals surface area contributed by atoms with Crippen molar-refractivity contribution < 1.29 is 22.7 Å². The van der Waals surface area contributed by atoms with Crippen molar-refractivity contribution in [2.75, 3.05) is 0 Å². The number of hydrogen-bond donors (Lipinski definition) is 1. The van der Waals surface area contributed by atoms with Crippen LogP contribution >= 0.6 is 0 Å². The van der Waals surface area contributed by atoms with E-state index in [0.29, 0.717) is 6.07 Å². The monoisotopic (exact) mass is 236 g/mol. The maximum Gasteiger partial charge on any atom is 0.416 e. The Labute approximate surface area is 90.7 Å². The molecule has 0 saturated carbocycles. The molecule has 0 amide bonds. The molecule has 0 fully saturated rings. The molecule has 0 spiro atoms. The van der Waals surface area contributed by atoms with Gasteiger partial charge in [-0.3, -0.25) is 0 Å². The topological polar surface area (TPSA) is 20.2 Å². The molecule has 0 aliphatic heterocycles. The number of halogens is 4. The molecule has 0 saturated heterocycles. The Kier molecular flexibility index (Phi) is 3.57. The smallest absolute Gasteiger partial charge is 0.388 e. The molecule has 0 aliphatic rings. The number of alkyl halides is 3. The van der Waals surface area contributed by atoms with Crippen LogP contribution in [-0.4, -0.2) is 5.11 Å². The van der Waals surface area contributed by atoms with Crippen molar-refractivity contribution in [1.82, 2.24) is 0 Å². The predicted molar refractivity (Wildman–Crippen MR) is 51.2 cm³/mol. The van der Waals surface area contributed by atoms with Crippen LogP contribution in [0.3, 0.4) is 0 Å². The second kappa shape index (κ2) is 4.41. The van der Waals surface area contributed by atoms with Gasteiger partial charge in [0.05, 0.1) is 11.7 Å². The summed E-state index contributed by atoms with van der Waals surface area (Å²) < 4.78 is 50.6. The molecular formula is C11H12F4O. The Balaban J connectivity index is 3.29. The summed E-state index contributed by atoms with van der Waals surface area (Å²) in [7, 11) is 0. The average Bonchev–Trinajstić information content (AvgIpc) is 2.14. The number of hydrogen-bond acceptors (Lipinski definition) is 1. The molecule has 0 bridgehead atoms. The van der Waals surface area contributed by atoms with E-state index in [2.05, 4.69) is 0 Å². The summed E-state index contributed by atoms with van der Waals surface area (Å²) in [6.07, 6.45) is -5.91. The molecule has 90 valence electrons. The maximum atomic E-state index is 12.9. The van der Waals surface area contributed by atoms with Crippen LogP contribution in [0.1, 0.15) is 31.1 Å². The number of rotatable bonds is 2. The van der Waals surface area contributed by atoms with Gasteiger partial charge in [-0.25, -0.2) is 4.39 Å². The van der Waals surface area contributed by atoms with E-state index in [-0.39, 0.29) is 0 Å². The molecule has 0 aliphatic carbocycles. The Hall–Kier alpha value is -1.10. The lowest BCUT2D eigenvalue weighted by Gasteiger charge is -2.20. The Morgan fingerprint density at radius 2 is 1.75 bits per heavy atom. The van der Waals surface area contributed by atoms with Gasteiger partial charge in [-0.15, -0.1) is 0 Å². The lowest BCUT2D eigenvalue weighted by atomic mass is 9.94. The zero-order chi connectivity index (χ0) is 12.5. The van der Waals surface area contributed by atoms with E-state index < -0.39 is 35.1 Å². The standard InChI is InChI=1S/C11H12F4O/c1-6(2)10(16)8-5-7(12)3-4-9(8)11(13,14)15/h3-6,10,16H,1-2H3. The zero-order valence-corrected chi connectivity index (χ0v) is 8.85. The molecule has 1 atom stereocenters. The molecule has 1 aromatic carbocycles. The first-order valence-corrected chi connectivity index (χ1v) is 4.78. The summed E-state index contributed by atoms with van der Waals surface area (Å²) >= 11 is 0. The molecule has 1 rings (SSSR count). The Morgan fingerprint density at radius 3 is 2.19 bits per heavy atom. The summed E-state index contributed by atoms with van der Waals surface area (Å²) in [5.41, 5.74) is -1.40. The minimum Gasteiger partial charge on any atom is -0.388 e. The van der Waals surface area contributed by atoms with Gasteiger partial charge in [0, 0.05) is 0 Å². The highest BCUT2D eigenvalue weighted by atomic mass is 19.4. The lowest BCUT2D eigenvalue weighted by molar-refractivity contribution is -0.139. The molecule has 0 radical (unpaired) electrons. The third-order valence-electron chi connectivity index (χ3n) is 2.27. The van der Waals surface area contributed by atoms with Crippen molar-refractivity contribution >= 4 is 0 Å². The summed E-state index contributed by atoms with van der Waals surface area (Å²) in [4.78, 5) is 0. The van der Waals surface area contributed by atoms with Gasteiger partial charge in [0.1, 0.15) is 5.82 Å². The van der Waals surface area contributed by atoms with Crippen molar-refractivity contribution in [3.8, 4) is 0 Å². The highest BCUT2D eigenvalue weighted by molar-refractivity contribution is 5.32. The van der Waals surface area contributed by atoms with Gasteiger partial charge in [0.25, 0.3) is 0 Å². The summed E-state index contributed by atoms with van der Waals surface area (Å²) in [5.74, 6) is -1.20. The van der Waals surface area contributed by atoms with Crippen LogP contribution in [0.5, 0.6) is 0 Å². The first kappa shape index (κ1) is 13.0. The second-order valence-electron chi connectivity index (χ2n) is 3.92. The Morgan fingerprint density at radius 1 is 1.19 bits per heavy atom. The van der Waals surface area contributed by atoms with E-state index in [1.165, 1.54) is 0 Å². The maximum absolute atomic E-state index is 12.9. The van der Waals surface area contributed by atoms with E-state index in [0.717, 1.165) is 12.1 Å². The molecule has 1 nitrogen and oxygen atoms in total. The third kappa shape index (κ3) is 2.72. The van der Waals surface area contributed by atoms with Crippen molar-refractivity contribution in [3.05, 3.63) is 35.1 Å². The first-order chi connectivity index (χ1) is 7.23. The van der Waals surface area contributed by atoms with Crippen molar-refractivity contribution in [2.45, 2.75) is 26.1 Å². The summed E-state index contributed by atoms with van der Waals surface area (Å²) in [5, 5.41) is 9.60. The fraction of sp³-hybridized carbons (Fsp3) is 0.455. The van der Waals surface area contributed by atoms with Crippen molar-refractivity contribution in [2.24, 2.45) is 5.92 Å². The van der Waals surface area contributed by atoms with E-state index >= 15 is 0 Å². The van der Waals surface area contributed by atoms with Crippen molar-refractivity contribution in [1.29, 1.82) is 0 Å². The minimum atomic E-state index is -4.58. The highest BCUT2D eigenvalue weighted by Crippen LogP contribution is 2.36. The number of aliphatic hydroxyl groups excluding tert-OH is 1. The van der Waals surface area contributed by atoms with Crippen LogP contribution in [0.25, 0.3) is 0 Å². The number of benzene rings is 1. The van der Waals surface area contributed by atoms with Gasteiger partial charge >= 0.3 is 6.18 Å². The minimum absolute atomic E-state index is 0.414. The van der Waals surface area contributed by atoms with Gasteiger partial charge in [0.15, 0.2) is 0 Å². The van der Waals surface area contributed by atoms with E-state index in [1.54, 1.807) is 13.8 Å². The van der Waals surface area contributed by atoms with Crippen LogP contribution in [0.4, 0.5) is 17.6 Å². The molecule has 16 heavy (non-hydrogen) atoms. The highest BCUT2D eigenvalue weighted by Gasteiger charge is 2.35. The van der Waals surface area contributed by atoms with Crippen molar-refractivity contribution in [3.63, 3.8) is 0 Å². The van der Waals surface area contributed by atoms with E-state index in [1.807, 2.05) is 0 Å².